The van der Waals surface area contributed by atoms with Crippen LogP contribution in [0.5, 0.6) is 5.75 Å². The van der Waals surface area contributed by atoms with Gasteiger partial charge in [-0.15, -0.1) is 0 Å². The quantitative estimate of drug-likeness (QED) is 0.618. The molecule has 20 heavy (non-hydrogen) atoms. The lowest BCUT2D eigenvalue weighted by Gasteiger charge is -2.10. The van der Waals surface area contributed by atoms with Gasteiger partial charge < -0.3 is 16.2 Å². The molecule has 0 fully saturated rings. The molecule has 0 saturated carbocycles. The van der Waals surface area contributed by atoms with Gasteiger partial charge in [-0.1, -0.05) is 0 Å². The van der Waals surface area contributed by atoms with Gasteiger partial charge in [-0.05, 0) is 48.7 Å². The number of primary amides is 1. The number of aryl methyl sites for hydroxylation is 1. The van der Waals surface area contributed by atoms with Gasteiger partial charge in [0.05, 0.1) is 12.2 Å². The van der Waals surface area contributed by atoms with E-state index in [-0.39, 0.29) is 0 Å². The third-order valence-corrected chi connectivity index (χ3v) is 2.89. The third kappa shape index (κ3) is 3.71. The molecule has 104 valence electrons. The molecule has 0 spiro atoms. The number of anilines is 1. The number of ether oxygens (including phenoxy) is 1. The number of nitrogen functional groups attached to an aromatic ring is 1. The van der Waals surface area contributed by atoms with E-state index >= 15 is 0 Å². The molecule has 1 heterocycles. The normalized spacial score (nSPS) is 10.2. The summed E-state index contributed by atoms with van der Waals surface area (Å²) in [5.41, 5.74) is 12.9. The van der Waals surface area contributed by atoms with Crippen LogP contribution in [0.1, 0.15) is 22.3 Å². The standard InChI is InChI=1S/C15H17N3O2/c16-12-3-4-14(13(10-12)15(17)19)20-9-1-2-11-5-7-18-8-6-11/h3-8,10H,1-2,9,16H2,(H2,17,19). The molecular formula is C15H17N3O2. The molecule has 1 aromatic heterocycles. The van der Waals surface area contributed by atoms with Crippen molar-refractivity contribution >= 4 is 11.6 Å². The van der Waals surface area contributed by atoms with Crippen LogP contribution in [0.25, 0.3) is 0 Å². The SMILES string of the molecule is NC(=O)c1cc(N)ccc1OCCCc1ccncc1. The van der Waals surface area contributed by atoms with Crippen LogP contribution in [0.3, 0.4) is 0 Å². The molecule has 2 aromatic rings. The Morgan fingerprint density at radius 3 is 2.65 bits per heavy atom. The Hall–Kier alpha value is -2.56. The summed E-state index contributed by atoms with van der Waals surface area (Å²) in [4.78, 5) is 15.3. The van der Waals surface area contributed by atoms with Crippen LogP contribution in [0.4, 0.5) is 5.69 Å². The first-order valence-electron chi connectivity index (χ1n) is 6.38. The number of rotatable bonds is 6. The fourth-order valence-corrected chi connectivity index (χ4v) is 1.87. The Balaban J connectivity index is 1.90. The van der Waals surface area contributed by atoms with E-state index in [2.05, 4.69) is 4.98 Å². The second-order valence-electron chi connectivity index (χ2n) is 4.43. The van der Waals surface area contributed by atoms with Crippen LogP contribution in [0.15, 0.2) is 42.7 Å². The lowest BCUT2D eigenvalue weighted by molar-refractivity contribution is 0.0996. The van der Waals surface area contributed by atoms with Gasteiger partial charge in [0, 0.05) is 18.1 Å². The minimum atomic E-state index is -0.540. The summed E-state index contributed by atoms with van der Waals surface area (Å²) in [6.07, 6.45) is 5.26. The molecule has 0 radical (unpaired) electrons. The predicted molar refractivity (Wildman–Crippen MR) is 77.4 cm³/mol. The van der Waals surface area contributed by atoms with Gasteiger partial charge in [0.15, 0.2) is 0 Å². The van der Waals surface area contributed by atoms with Crippen molar-refractivity contribution in [2.75, 3.05) is 12.3 Å². The number of hydrogen-bond acceptors (Lipinski definition) is 4. The lowest BCUT2D eigenvalue weighted by Crippen LogP contribution is -2.14. The summed E-state index contributed by atoms with van der Waals surface area (Å²) < 4.78 is 5.60. The van der Waals surface area contributed by atoms with Gasteiger partial charge in [-0.3, -0.25) is 9.78 Å². The Labute approximate surface area is 117 Å². The van der Waals surface area contributed by atoms with Gasteiger partial charge >= 0.3 is 0 Å². The van der Waals surface area contributed by atoms with Crippen molar-refractivity contribution in [1.82, 2.24) is 4.98 Å². The van der Waals surface area contributed by atoms with Crippen LogP contribution in [-0.4, -0.2) is 17.5 Å². The number of carbonyl (C=O) groups excluding carboxylic acids is 1. The predicted octanol–water partition coefficient (Wildman–Crippen LogP) is 1.77. The van der Waals surface area contributed by atoms with Crippen LogP contribution in [0, 0.1) is 0 Å². The first kappa shape index (κ1) is 13.9. The molecule has 0 unspecified atom stereocenters. The Morgan fingerprint density at radius 1 is 1.20 bits per heavy atom. The lowest BCUT2D eigenvalue weighted by atomic mass is 10.1. The Morgan fingerprint density at radius 2 is 1.95 bits per heavy atom. The van der Waals surface area contributed by atoms with E-state index < -0.39 is 5.91 Å². The van der Waals surface area contributed by atoms with Gasteiger partial charge in [0.25, 0.3) is 5.91 Å². The highest BCUT2D eigenvalue weighted by atomic mass is 16.5. The van der Waals surface area contributed by atoms with E-state index in [1.54, 1.807) is 24.5 Å². The maximum atomic E-state index is 11.3. The second-order valence-corrected chi connectivity index (χ2v) is 4.43. The topological polar surface area (TPSA) is 91.2 Å². The van der Waals surface area contributed by atoms with Crippen LogP contribution >= 0.6 is 0 Å². The highest BCUT2D eigenvalue weighted by Crippen LogP contribution is 2.21. The highest BCUT2D eigenvalue weighted by molar-refractivity contribution is 5.96. The summed E-state index contributed by atoms with van der Waals surface area (Å²) >= 11 is 0. The molecule has 1 aromatic carbocycles. The molecule has 0 aliphatic carbocycles. The smallest absolute Gasteiger partial charge is 0.252 e. The second kappa shape index (κ2) is 6.56. The number of carbonyl (C=O) groups is 1. The van der Waals surface area contributed by atoms with Crippen molar-refractivity contribution in [2.24, 2.45) is 5.73 Å². The number of amides is 1. The minimum Gasteiger partial charge on any atom is -0.493 e. The van der Waals surface area contributed by atoms with Crippen molar-refractivity contribution in [3.63, 3.8) is 0 Å². The zero-order valence-electron chi connectivity index (χ0n) is 11.1. The van der Waals surface area contributed by atoms with Crippen LogP contribution in [0.2, 0.25) is 0 Å². The van der Waals surface area contributed by atoms with E-state index in [9.17, 15) is 4.79 Å². The number of benzene rings is 1. The fourth-order valence-electron chi connectivity index (χ4n) is 1.87. The van der Waals surface area contributed by atoms with Gasteiger partial charge in [-0.25, -0.2) is 0 Å². The molecule has 0 aliphatic heterocycles. The number of pyridine rings is 1. The molecular weight excluding hydrogens is 254 g/mol. The summed E-state index contributed by atoms with van der Waals surface area (Å²) in [6, 6.07) is 8.82. The molecule has 4 N–H and O–H groups in total. The molecule has 0 saturated heterocycles. The molecule has 5 nitrogen and oxygen atoms in total. The molecule has 1 amide bonds. The Bertz CT molecular complexity index is 585. The average molecular weight is 271 g/mol. The summed E-state index contributed by atoms with van der Waals surface area (Å²) in [5.74, 6) is -0.0668. The molecule has 2 rings (SSSR count). The fraction of sp³-hybridized carbons (Fsp3) is 0.200. The summed E-state index contributed by atoms with van der Waals surface area (Å²) in [6.45, 7) is 0.506. The maximum absolute atomic E-state index is 11.3. The van der Waals surface area contributed by atoms with E-state index in [0.717, 1.165) is 12.8 Å². The van der Waals surface area contributed by atoms with E-state index in [4.69, 9.17) is 16.2 Å². The monoisotopic (exact) mass is 271 g/mol. The minimum absolute atomic E-state index is 0.314. The van der Waals surface area contributed by atoms with E-state index in [1.165, 1.54) is 11.6 Å². The van der Waals surface area contributed by atoms with E-state index in [1.807, 2.05) is 12.1 Å². The summed E-state index contributed by atoms with van der Waals surface area (Å²) in [5, 5.41) is 0. The van der Waals surface area contributed by atoms with Crippen molar-refractivity contribution in [1.29, 1.82) is 0 Å². The number of nitrogens with zero attached hydrogens (tertiary/aromatic N) is 1. The van der Waals surface area contributed by atoms with Crippen molar-refractivity contribution in [3.05, 3.63) is 53.9 Å². The molecule has 0 atom stereocenters. The highest BCUT2D eigenvalue weighted by Gasteiger charge is 2.09. The first-order chi connectivity index (χ1) is 9.66. The number of hydrogen-bond donors (Lipinski definition) is 2. The average Bonchev–Trinajstić information content (AvgIpc) is 2.45. The Kier molecular flexibility index (Phi) is 4.55. The van der Waals surface area contributed by atoms with E-state index in [0.29, 0.717) is 23.6 Å². The maximum Gasteiger partial charge on any atom is 0.252 e. The number of nitrogens with two attached hydrogens (primary N) is 2. The molecule has 0 aliphatic rings. The third-order valence-electron chi connectivity index (χ3n) is 2.89. The first-order valence-corrected chi connectivity index (χ1v) is 6.38. The van der Waals surface area contributed by atoms with Crippen LogP contribution < -0.4 is 16.2 Å². The zero-order valence-corrected chi connectivity index (χ0v) is 11.1. The zero-order chi connectivity index (χ0) is 14.4. The number of aromatic nitrogens is 1. The van der Waals surface area contributed by atoms with Gasteiger partial charge in [-0.2, -0.15) is 0 Å². The van der Waals surface area contributed by atoms with Crippen LogP contribution in [-0.2, 0) is 6.42 Å². The van der Waals surface area contributed by atoms with Crippen molar-refractivity contribution in [3.8, 4) is 5.75 Å². The van der Waals surface area contributed by atoms with Gasteiger partial charge in [0.1, 0.15) is 5.75 Å². The van der Waals surface area contributed by atoms with Crippen molar-refractivity contribution < 1.29 is 9.53 Å². The largest absolute Gasteiger partial charge is 0.493 e. The molecule has 5 heteroatoms. The summed E-state index contributed by atoms with van der Waals surface area (Å²) in [7, 11) is 0. The van der Waals surface area contributed by atoms with Gasteiger partial charge in [0.2, 0.25) is 0 Å². The van der Waals surface area contributed by atoms with Crippen molar-refractivity contribution in [2.45, 2.75) is 12.8 Å². The molecule has 0 bridgehead atoms.